The van der Waals surface area contributed by atoms with Crippen molar-refractivity contribution < 1.29 is 9.59 Å². The SMILES string of the molecule is O=C(NNC(=O)c1c[nH]c2ccccc12)c1csc(-c2ccc(Cl)cc2)n1. The van der Waals surface area contributed by atoms with E-state index in [0.717, 1.165) is 16.5 Å². The summed E-state index contributed by atoms with van der Waals surface area (Å²) in [5.74, 6) is -0.895. The molecule has 0 aliphatic rings. The number of hydrogen-bond acceptors (Lipinski definition) is 4. The Hall–Kier alpha value is -3.16. The summed E-state index contributed by atoms with van der Waals surface area (Å²) in [6.45, 7) is 0. The Kier molecular flexibility index (Phi) is 4.62. The highest BCUT2D eigenvalue weighted by atomic mass is 35.5. The van der Waals surface area contributed by atoms with E-state index in [-0.39, 0.29) is 5.69 Å². The van der Waals surface area contributed by atoms with Gasteiger partial charge in [-0.3, -0.25) is 20.4 Å². The van der Waals surface area contributed by atoms with Gasteiger partial charge in [-0.05, 0) is 18.2 Å². The van der Waals surface area contributed by atoms with Gasteiger partial charge in [0.25, 0.3) is 11.8 Å². The molecule has 0 unspecified atom stereocenters. The second-order valence-electron chi connectivity index (χ2n) is 5.70. The number of fused-ring (bicyclic) bond motifs is 1. The van der Waals surface area contributed by atoms with Gasteiger partial charge >= 0.3 is 0 Å². The standard InChI is InChI=1S/C19H13ClN4O2S/c20-12-7-5-11(6-8-12)19-22-16(10-27-19)18(26)24-23-17(25)14-9-21-15-4-2-1-3-13(14)15/h1-10,21H,(H,23,25)(H,24,26). The average molecular weight is 397 g/mol. The van der Waals surface area contributed by atoms with Crippen LogP contribution < -0.4 is 10.9 Å². The van der Waals surface area contributed by atoms with Crippen LogP contribution in [0.4, 0.5) is 0 Å². The lowest BCUT2D eigenvalue weighted by Crippen LogP contribution is -2.41. The highest BCUT2D eigenvalue weighted by Gasteiger charge is 2.15. The maximum atomic E-state index is 12.3. The quantitative estimate of drug-likeness (QED) is 0.457. The van der Waals surface area contributed by atoms with Crippen LogP contribution in [0.2, 0.25) is 5.02 Å². The van der Waals surface area contributed by atoms with Crippen molar-refractivity contribution in [1.82, 2.24) is 20.8 Å². The summed E-state index contributed by atoms with van der Waals surface area (Å²) in [6.07, 6.45) is 1.60. The molecule has 2 amide bonds. The van der Waals surface area contributed by atoms with E-state index in [1.54, 1.807) is 23.7 Å². The maximum Gasteiger partial charge on any atom is 0.289 e. The van der Waals surface area contributed by atoms with Gasteiger partial charge in [-0.2, -0.15) is 0 Å². The van der Waals surface area contributed by atoms with Crippen molar-refractivity contribution in [2.75, 3.05) is 0 Å². The smallest absolute Gasteiger partial charge is 0.289 e. The number of aromatic nitrogens is 2. The summed E-state index contributed by atoms with van der Waals surface area (Å²) < 4.78 is 0. The normalized spacial score (nSPS) is 10.7. The van der Waals surface area contributed by atoms with Crippen molar-refractivity contribution >= 4 is 45.7 Å². The molecule has 4 rings (SSSR count). The zero-order valence-corrected chi connectivity index (χ0v) is 15.4. The second kappa shape index (κ2) is 7.22. The third-order valence-corrected chi connectivity index (χ3v) is 5.09. The molecule has 2 aromatic carbocycles. The zero-order valence-electron chi connectivity index (χ0n) is 13.8. The van der Waals surface area contributed by atoms with Gasteiger partial charge in [-0.15, -0.1) is 11.3 Å². The minimum atomic E-state index is -0.486. The lowest BCUT2D eigenvalue weighted by Gasteiger charge is -2.05. The number of hydrazine groups is 1. The number of carbonyl (C=O) groups excluding carboxylic acids is 2. The van der Waals surface area contributed by atoms with E-state index in [1.165, 1.54) is 11.3 Å². The Morgan fingerprint density at radius 1 is 1.00 bits per heavy atom. The van der Waals surface area contributed by atoms with Crippen LogP contribution in [0, 0.1) is 0 Å². The first-order valence-electron chi connectivity index (χ1n) is 8.00. The van der Waals surface area contributed by atoms with Crippen molar-refractivity contribution in [2.45, 2.75) is 0 Å². The number of aromatic amines is 1. The van der Waals surface area contributed by atoms with Crippen molar-refractivity contribution in [3.63, 3.8) is 0 Å². The summed E-state index contributed by atoms with van der Waals surface area (Å²) in [6, 6.07) is 14.6. The second-order valence-corrected chi connectivity index (χ2v) is 7.00. The van der Waals surface area contributed by atoms with Crippen LogP contribution in [-0.4, -0.2) is 21.8 Å². The van der Waals surface area contributed by atoms with E-state index in [0.29, 0.717) is 15.6 Å². The molecule has 2 aromatic heterocycles. The Morgan fingerprint density at radius 2 is 1.74 bits per heavy atom. The summed E-state index contributed by atoms with van der Waals surface area (Å²) in [5.41, 5.74) is 7.21. The van der Waals surface area contributed by atoms with Gasteiger partial charge in [0.05, 0.1) is 5.56 Å². The molecule has 6 nitrogen and oxygen atoms in total. The van der Waals surface area contributed by atoms with E-state index in [4.69, 9.17) is 11.6 Å². The number of nitrogens with one attached hydrogen (secondary N) is 3. The zero-order chi connectivity index (χ0) is 18.8. The first-order valence-corrected chi connectivity index (χ1v) is 9.26. The molecule has 8 heteroatoms. The number of carbonyl (C=O) groups is 2. The van der Waals surface area contributed by atoms with Crippen molar-refractivity contribution in [3.05, 3.63) is 76.4 Å². The first kappa shape index (κ1) is 17.3. The molecule has 0 spiro atoms. The van der Waals surface area contributed by atoms with E-state index in [1.807, 2.05) is 36.4 Å². The summed E-state index contributed by atoms with van der Waals surface area (Å²) in [7, 11) is 0. The van der Waals surface area contributed by atoms with Crippen molar-refractivity contribution in [3.8, 4) is 10.6 Å². The average Bonchev–Trinajstić information content (AvgIpc) is 3.34. The number of amides is 2. The molecule has 0 aliphatic carbocycles. The Bertz CT molecular complexity index is 1130. The molecule has 27 heavy (non-hydrogen) atoms. The van der Waals surface area contributed by atoms with Gasteiger partial charge in [0.1, 0.15) is 10.7 Å². The predicted molar refractivity (Wildman–Crippen MR) is 106 cm³/mol. The van der Waals surface area contributed by atoms with Crippen molar-refractivity contribution in [2.24, 2.45) is 0 Å². The lowest BCUT2D eigenvalue weighted by atomic mass is 10.2. The third kappa shape index (κ3) is 3.55. The summed E-state index contributed by atoms with van der Waals surface area (Å²) >= 11 is 7.22. The molecule has 0 radical (unpaired) electrons. The summed E-state index contributed by atoms with van der Waals surface area (Å²) in [4.78, 5) is 31.9. The largest absolute Gasteiger partial charge is 0.360 e. The fourth-order valence-corrected chi connectivity index (χ4v) is 3.54. The third-order valence-electron chi connectivity index (χ3n) is 3.95. The molecular weight excluding hydrogens is 384 g/mol. The van der Waals surface area contributed by atoms with Gasteiger partial charge in [0, 0.05) is 33.1 Å². The maximum absolute atomic E-state index is 12.3. The van der Waals surface area contributed by atoms with E-state index >= 15 is 0 Å². The molecule has 0 bridgehead atoms. The van der Waals surface area contributed by atoms with Crippen LogP contribution >= 0.6 is 22.9 Å². The Morgan fingerprint density at radius 3 is 2.56 bits per heavy atom. The van der Waals surface area contributed by atoms with Crippen LogP contribution in [0.1, 0.15) is 20.8 Å². The van der Waals surface area contributed by atoms with Gasteiger partial charge in [-0.1, -0.05) is 41.9 Å². The fraction of sp³-hybridized carbons (Fsp3) is 0. The van der Waals surface area contributed by atoms with Crippen LogP contribution in [0.15, 0.2) is 60.1 Å². The molecule has 134 valence electrons. The van der Waals surface area contributed by atoms with Gasteiger partial charge in [-0.25, -0.2) is 4.98 Å². The number of thiazole rings is 1. The van der Waals surface area contributed by atoms with Crippen LogP contribution in [-0.2, 0) is 0 Å². The van der Waals surface area contributed by atoms with Gasteiger partial charge < -0.3 is 4.98 Å². The Balaban J connectivity index is 1.44. The van der Waals surface area contributed by atoms with Gasteiger partial charge in [0.2, 0.25) is 0 Å². The molecule has 0 fully saturated rings. The molecule has 0 saturated heterocycles. The van der Waals surface area contributed by atoms with Crippen LogP contribution in [0.5, 0.6) is 0 Å². The fourth-order valence-electron chi connectivity index (χ4n) is 2.61. The summed E-state index contributed by atoms with van der Waals surface area (Å²) in [5, 5.41) is 3.74. The van der Waals surface area contributed by atoms with Crippen molar-refractivity contribution in [1.29, 1.82) is 0 Å². The minimum Gasteiger partial charge on any atom is -0.360 e. The predicted octanol–water partition coefficient (Wildman–Crippen LogP) is 4.02. The molecule has 2 heterocycles. The molecule has 0 saturated carbocycles. The number of rotatable bonds is 3. The monoisotopic (exact) mass is 396 g/mol. The van der Waals surface area contributed by atoms with Crippen LogP contribution in [0.25, 0.3) is 21.5 Å². The number of hydrogen-bond donors (Lipinski definition) is 3. The minimum absolute atomic E-state index is 0.226. The van der Waals surface area contributed by atoms with E-state index in [9.17, 15) is 9.59 Å². The first-order chi connectivity index (χ1) is 13.1. The molecule has 0 aliphatic heterocycles. The number of benzene rings is 2. The number of nitrogens with zero attached hydrogens (tertiary/aromatic N) is 1. The lowest BCUT2D eigenvalue weighted by molar-refractivity contribution is 0.0845. The molecule has 4 aromatic rings. The topological polar surface area (TPSA) is 86.9 Å². The molecule has 3 N–H and O–H groups in total. The van der Waals surface area contributed by atoms with Gasteiger partial charge in [0.15, 0.2) is 0 Å². The van der Waals surface area contributed by atoms with E-state index < -0.39 is 11.8 Å². The number of para-hydroxylation sites is 1. The van der Waals surface area contributed by atoms with Crippen LogP contribution in [0.3, 0.4) is 0 Å². The highest BCUT2D eigenvalue weighted by Crippen LogP contribution is 2.25. The Labute approximate surface area is 163 Å². The number of H-pyrrole nitrogens is 1. The number of halogens is 1. The molecular formula is C19H13ClN4O2S. The molecule has 0 atom stereocenters. The highest BCUT2D eigenvalue weighted by molar-refractivity contribution is 7.13. The van der Waals surface area contributed by atoms with E-state index in [2.05, 4.69) is 20.8 Å².